The molecule has 0 fully saturated rings. The lowest BCUT2D eigenvalue weighted by molar-refractivity contribution is 0.0498. The molecule has 1 aromatic carbocycles. The lowest BCUT2D eigenvalue weighted by Crippen LogP contribution is -2.09. The molecule has 0 atom stereocenters. The second-order valence-electron chi connectivity index (χ2n) is 5.66. The number of benzene rings is 1. The van der Waals surface area contributed by atoms with Gasteiger partial charge in [-0.25, -0.2) is 4.79 Å². The van der Waals surface area contributed by atoms with E-state index in [2.05, 4.69) is 19.9 Å². The van der Waals surface area contributed by atoms with Crippen molar-refractivity contribution in [3.63, 3.8) is 0 Å². The van der Waals surface area contributed by atoms with Crippen molar-refractivity contribution >= 4 is 5.97 Å². The number of rotatable bonds is 11. The standard InChI is InChI=1S/C19H30O2/c1-3-5-7-8-9-10-13-17-14-11-12-15-18(17)19(20)21-16-6-4-2/h11-12,14-15H,3-10,13,16H2,1-2H3. The van der Waals surface area contributed by atoms with Gasteiger partial charge < -0.3 is 4.74 Å². The smallest absolute Gasteiger partial charge is 0.338 e. The van der Waals surface area contributed by atoms with E-state index in [9.17, 15) is 4.79 Å². The van der Waals surface area contributed by atoms with E-state index < -0.39 is 0 Å². The van der Waals surface area contributed by atoms with Crippen molar-refractivity contribution in [1.29, 1.82) is 0 Å². The van der Waals surface area contributed by atoms with Crippen molar-refractivity contribution in [2.45, 2.75) is 71.6 Å². The van der Waals surface area contributed by atoms with E-state index in [-0.39, 0.29) is 5.97 Å². The summed E-state index contributed by atoms with van der Waals surface area (Å²) in [6.45, 7) is 4.86. The van der Waals surface area contributed by atoms with Crippen LogP contribution in [0.5, 0.6) is 0 Å². The first-order chi connectivity index (χ1) is 10.3. The predicted molar refractivity (Wildman–Crippen MR) is 88.7 cm³/mol. The Morgan fingerprint density at radius 1 is 0.905 bits per heavy atom. The Labute approximate surface area is 129 Å². The van der Waals surface area contributed by atoms with Gasteiger partial charge in [0.1, 0.15) is 0 Å². The molecule has 0 saturated heterocycles. The van der Waals surface area contributed by atoms with Crippen LogP contribution >= 0.6 is 0 Å². The highest BCUT2D eigenvalue weighted by molar-refractivity contribution is 5.91. The van der Waals surface area contributed by atoms with E-state index in [1.54, 1.807) is 0 Å². The lowest BCUT2D eigenvalue weighted by Gasteiger charge is -2.09. The number of carbonyl (C=O) groups excluding carboxylic acids is 1. The topological polar surface area (TPSA) is 26.3 Å². The highest BCUT2D eigenvalue weighted by atomic mass is 16.5. The Balaban J connectivity index is 2.41. The number of unbranched alkanes of at least 4 members (excludes halogenated alkanes) is 6. The number of hydrogen-bond acceptors (Lipinski definition) is 2. The average molecular weight is 290 g/mol. The summed E-state index contributed by atoms with van der Waals surface area (Å²) in [5.74, 6) is -0.162. The summed E-state index contributed by atoms with van der Waals surface area (Å²) in [6, 6.07) is 7.87. The number of hydrogen-bond donors (Lipinski definition) is 0. The number of carbonyl (C=O) groups is 1. The first-order valence-corrected chi connectivity index (χ1v) is 8.54. The second kappa shape index (κ2) is 11.4. The Hall–Kier alpha value is -1.31. The first kappa shape index (κ1) is 17.7. The second-order valence-corrected chi connectivity index (χ2v) is 5.66. The molecule has 1 rings (SSSR count). The van der Waals surface area contributed by atoms with Crippen LogP contribution in [0.25, 0.3) is 0 Å². The van der Waals surface area contributed by atoms with Crippen molar-refractivity contribution in [3.05, 3.63) is 35.4 Å². The summed E-state index contributed by atoms with van der Waals surface area (Å²) in [5.41, 5.74) is 1.89. The maximum atomic E-state index is 12.1. The minimum absolute atomic E-state index is 0.162. The van der Waals surface area contributed by atoms with E-state index >= 15 is 0 Å². The fourth-order valence-corrected chi connectivity index (χ4v) is 2.42. The van der Waals surface area contributed by atoms with E-state index in [0.29, 0.717) is 6.61 Å². The van der Waals surface area contributed by atoms with Crippen LogP contribution < -0.4 is 0 Å². The summed E-state index contributed by atoms with van der Waals surface area (Å²) in [6.07, 6.45) is 10.6. The minimum atomic E-state index is -0.162. The van der Waals surface area contributed by atoms with Crippen LogP contribution in [0.2, 0.25) is 0 Å². The zero-order valence-corrected chi connectivity index (χ0v) is 13.7. The first-order valence-electron chi connectivity index (χ1n) is 8.54. The molecule has 21 heavy (non-hydrogen) atoms. The van der Waals surface area contributed by atoms with E-state index in [4.69, 9.17) is 4.74 Å². The summed E-state index contributed by atoms with van der Waals surface area (Å²) in [7, 11) is 0. The summed E-state index contributed by atoms with van der Waals surface area (Å²) in [4.78, 5) is 12.1. The van der Waals surface area contributed by atoms with Crippen molar-refractivity contribution in [2.75, 3.05) is 6.61 Å². The third kappa shape index (κ3) is 7.31. The fraction of sp³-hybridized carbons (Fsp3) is 0.632. The maximum Gasteiger partial charge on any atom is 0.338 e. The van der Waals surface area contributed by atoms with Gasteiger partial charge in [0.15, 0.2) is 0 Å². The molecule has 118 valence electrons. The zero-order valence-electron chi connectivity index (χ0n) is 13.7. The molecule has 0 aliphatic rings. The van der Waals surface area contributed by atoms with Crippen LogP contribution in [0, 0.1) is 0 Å². The summed E-state index contributed by atoms with van der Waals surface area (Å²) >= 11 is 0. The molecule has 1 aromatic rings. The van der Waals surface area contributed by atoms with Gasteiger partial charge in [0.2, 0.25) is 0 Å². The SMILES string of the molecule is CCCCCCCCc1ccccc1C(=O)OCCCC. The molecule has 2 heteroatoms. The monoisotopic (exact) mass is 290 g/mol. The number of esters is 1. The molecule has 0 aliphatic heterocycles. The van der Waals surface area contributed by atoms with E-state index in [0.717, 1.165) is 36.8 Å². The molecule has 0 N–H and O–H groups in total. The van der Waals surface area contributed by atoms with Crippen molar-refractivity contribution in [2.24, 2.45) is 0 Å². The van der Waals surface area contributed by atoms with Gasteiger partial charge in [0, 0.05) is 0 Å². The molecule has 0 aromatic heterocycles. The molecule has 0 unspecified atom stereocenters. The van der Waals surface area contributed by atoms with Crippen LogP contribution in [0.1, 0.15) is 81.1 Å². The third-order valence-corrected chi connectivity index (χ3v) is 3.77. The molecular weight excluding hydrogens is 260 g/mol. The largest absolute Gasteiger partial charge is 0.462 e. The molecule has 0 radical (unpaired) electrons. The number of aryl methyl sites for hydroxylation is 1. The normalized spacial score (nSPS) is 10.6. The molecule has 0 bridgehead atoms. The Bertz CT molecular complexity index is 398. The minimum Gasteiger partial charge on any atom is -0.462 e. The predicted octanol–water partition coefficient (Wildman–Crippen LogP) is 5.55. The molecule has 0 aliphatic carbocycles. The Morgan fingerprint density at radius 3 is 2.33 bits per heavy atom. The van der Waals surface area contributed by atoms with Crippen LogP contribution in [0.4, 0.5) is 0 Å². The highest BCUT2D eigenvalue weighted by Gasteiger charge is 2.11. The summed E-state index contributed by atoms with van der Waals surface area (Å²) in [5, 5.41) is 0. The average Bonchev–Trinajstić information content (AvgIpc) is 2.51. The van der Waals surface area contributed by atoms with Gasteiger partial charge in [-0.05, 0) is 30.9 Å². The van der Waals surface area contributed by atoms with Gasteiger partial charge in [-0.3, -0.25) is 0 Å². The van der Waals surface area contributed by atoms with Gasteiger partial charge in [0.25, 0.3) is 0 Å². The van der Waals surface area contributed by atoms with Crippen LogP contribution in [0.3, 0.4) is 0 Å². The lowest BCUT2D eigenvalue weighted by atomic mass is 10.0. The van der Waals surface area contributed by atoms with Gasteiger partial charge in [-0.2, -0.15) is 0 Å². The van der Waals surface area contributed by atoms with Crippen molar-refractivity contribution < 1.29 is 9.53 Å². The molecule has 2 nitrogen and oxygen atoms in total. The Kier molecular flexibility index (Phi) is 9.60. The molecule has 0 heterocycles. The van der Waals surface area contributed by atoms with Crippen LogP contribution in [-0.4, -0.2) is 12.6 Å². The van der Waals surface area contributed by atoms with Crippen molar-refractivity contribution in [1.82, 2.24) is 0 Å². The van der Waals surface area contributed by atoms with Gasteiger partial charge >= 0.3 is 5.97 Å². The quantitative estimate of drug-likeness (QED) is 0.394. The fourth-order valence-electron chi connectivity index (χ4n) is 2.42. The van der Waals surface area contributed by atoms with Gasteiger partial charge in [0.05, 0.1) is 12.2 Å². The maximum absolute atomic E-state index is 12.1. The molecular formula is C19H30O2. The summed E-state index contributed by atoms with van der Waals surface area (Å²) < 4.78 is 5.33. The third-order valence-electron chi connectivity index (χ3n) is 3.77. The van der Waals surface area contributed by atoms with Gasteiger partial charge in [-0.15, -0.1) is 0 Å². The van der Waals surface area contributed by atoms with E-state index in [1.165, 1.54) is 32.1 Å². The van der Waals surface area contributed by atoms with E-state index in [1.807, 2.05) is 18.2 Å². The number of ether oxygens (including phenoxy) is 1. The highest BCUT2D eigenvalue weighted by Crippen LogP contribution is 2.15. The van der Waals surface area contributed by atoms with Crippen LogP contribution in [0.15, 0.2) is 24.3 Å². The van der Waals surface area contributed by atoms with Crippen molar-refractivity contribution in [3.8, 4) is 0 Å². The molecule has 0 spiro atoms. The Morgan fingerprint density at radius 2 is 1.57 bits per heavy atom. The molecule has 0 amide bonds. The van der Waals surface area contributed by atoms with Gasteiger partial charge in [-0.1, -0.05) is 70.6 Å². The molecule has 0 saturated carbocycles. The zero-order chi connectivity index (χ0) is 15.3. The van der Waals surface area contributed by atoms with Crippen LogP contribution in [-0.2, 0) is 11.2 Å².